The average Bonchev–Trinajstić information content (AvgIpc) is 2.94. The van der Waals surface area contributed by atoms with Gasteiger partial charge in [-0.15, -0.1) is 0 Å². The number of hydrogen-bond donors (Lipinski definition) is 0. The van der Waals surface area contributed by atoms with Gasteiger partial charge in [-0.1, -0.05) is 13.0 Å². The highest BCUT2D eigenvalue weighted by molar-refractivity contribution is 5.51. The minimum absolute atomic E-state index is 0.111. The zero-order chi connectivity index (χ0) is 11.7. The first-order valence-corrected chi connectivity index (χ1v) is 6.46. The summed E-state index contributed by atoms with van der Waals surface area (Å²) in [4.78, 5) is 11.2. The molecule has 2 bridgehead atoms. The van der Waals surface area contributed by atoms with Crippen molar-refractivity contribution in [2.75, 3.05) is 0 Å². The molecule has 1 aliphatic heterocycles. The molecule has 0 aromatic rings. The normalized spacial score (nSPS) is 45.5. The van der Waals surface area contributed by atoms with E-state index in [0.29, 0.717) is 29.7 Å². The van der Waals surface area contributed by atoms with E-state index >= 15 is 0 Å². The summed E-state index contributed by atoms with van der Waals surface area (Å²) in [6.07, 6.45) is 5.73. The van der Waals surface area contributed by atoms with Crippen molar-refractivity contribution in [3.63, 3.8) is 0 Å². The summed E-state index contributed by atoms with van der Waals surface area (Å²) in [5.41, 5.74) is 2.81. The number of nitrogens with zero attached hydrogens (tertiary/aromatic N) is 1. The van der Waals surface area contributed by atoms with Gasteiger partial charge in [0.05, 0.1) is 23.0 Å². The molecular weight excluding hydrogens is 218 g/mol. The lowest BCUT2D eigenvalue weighted by atomic mass is 9.79. The van der Waals surface area contributed by atoms with Gasteiger partial charge in [-0.2, -0.15) is 0 Å². The van der Waals surface area contributed by atoms with Crippen LogP contribution >= 0.6 is 0 Å². The average molecular weight is 233 g/mol. The smallest absolute Gasteiger partial charge is 0.253 e. The first kappa shape index (κ1) is 9.83. The molecule has 0 aromatic carbocycles. The van der Waals surface area contributed by atoms with Gasteiger partial charge >= 0.3 is 0 Å². The number of nitro groups is 1. The summed E-state index contributed by atoms with van der Waals surface area (Å²) in [5, 5.41) is 11.3. The molecule has 2 saturated carbocycles. The van der Waals surface area contributed by atoms with Gasteiger partial charge in [0.15, 0.2) is 0 Å². The molecule has 1 saturated heterocycles. The molecule has 0 N–H and O–H groups in total. The van der Waals surface area contributed by atoms with Crippen LogP contribution in [0.25, 0.3) is 0 Å². The summed E-state index contributed by atoms with van der Waals surface area (Å²) in [6.45, 7) is 2.04. The first-order valence-electron chi connectivity index (χ1n) is 6.46. The molecular formula is C13H15NO3. The molecule has 3 aliphatic carbocycles. The lowest BCUT2D eigenvalue weighted by molar-refractivity contribution is -0.435. The first-order chi connectivity index (χ1) is 8.22. The van der Waals surface area contributed by atoms with Crippen molar-refractivity contribution in [1.29, 1.82) is 0 Å². The third kappa shape index (κ3) is 1.07. The van der Waals surface area contributed by atoms with Crippen LogP contribution in [-0.2, 0) is 4.74 Å². The third-order valence-electron chi connectivity index (χ3n) is 4.92. The van der Waals surface area contributed by atoms with E-state index in [0.717, 1.165) is 24.8 Å². The molecule has 90 valence electrons. The van der Waals surface area contributed by atoms with E-state index in [1.54, 1.807) is 0 Å². The standard InChI is InChI=1S/C13H15NO3/c1-2-6-3-4-7-8-5-9(13-12(8)17-13)10(7)11(6)14(15)16/h4,6,8-9,12-13H,2-3,5H2,1H3. The van der Waals surface area contributed by atoms with Crippen molar-refractivity contribution < 1.29 is 9.66 Å². The Morgan fingerprint density at radius 3 is 2.94 bits per heavy atom. The van der Waals surface area contributed by atoms with Crippen molar-refractivity contribution in [2.24, 2.45) is 17.8 Å². The van der Waals surface area contributed by atoms with Crippen LogP contribution in [0.2, 0.25) is 0 Å². The van der Waals surface area contributed by atoms with Crippen molar-refractivity contribution in [3.8, 4) is 0 Å². The minimum atomic E-state index is -0.130. The number of allylic oxidation sites excluding steroid dienone is 2. The lowest BCUT2D eigenvalue weighted by Gasteiger charge is -2.23. The Morgan fingerprint density at radius 1 is 1.47 bits per heavy atom. The molecule has 5 atom stereocenters. The van der Waals surface area contributed by atoms with Gasteiger partial charge in [0, 0.05) is 17.4 Å². The van der Waals surface area contributed by atoms with Crippen molar-refractivity contribution in [2.45, 2.75) is 38.4 Å². The Kier molecular flexibility index (Phi) is 1.73. The molecule has 0 spiro atoms. The summed E-state index contributed by atoms with van der Waals surface area (Å²) < 4.78 is 5.63. The summed E-state index contributed by atoms with van der Waals surface area (Å²) in [5.74, 6) is 0.902. The molecule has 0 amide bonds. The monoisotopic (exact) mass is 233 g/mol. The van der Waals surface area contributed by atoms with Gasteiger partial charge in [0.2, 0.25) is 0 Å². The second-order valence-electron chi connectivity index (χ2n) is 5.57. The van der Waals surface area contributed by atoms with Crippen molar-refractivity contribution in [1.82, 2.24) is 0 Å². The molecule has 5 unspecified atom stereocenters. The Hall–Kier alpha value is -1.16. The van der Waals surface area contributed by atoms with Gasteiger partial charge in [-0.25, -0.2) is 0 Å². The summed E-state index contributed by atoms with van der Waals surface area (Å²) in [6, 6.07) is 0. The number of fused-ring (bicyclic) bond motifs is 8. The SMILES string of the molecule is CCC1CC=C2C(=C1[N+](=O)[O-])C1CC2C2OC12. The van der Waals surface area contributed by atoms with E-state index in [9.17, 15) is 10.1 Å². The van der Waals surface area contributed by atoms with E-state index in [2.05, 4.69) is 6.08 Å². The fourth-order valence-electron chi connectivity index (χ4n) is 4.13. The molecule has 4 rings (SSSR count). The minimum Gasteiger partial charge on any atom is -0.368 e. The van der Waals surface area contributed by atoms with E-state index in [1.807, 2.05) is 6.92 Å². The molecule has 3 fully saturated rings. The highest BCUT2D eigenvalue weighted by atomic mass is 16.6. The number of rotatable bonds is 2. The Balaban J connectivity index is 1.87. The maximum absolute atomic E-state index is 11.3. The quantitative estimate of drug-likeness (QED) is 0.417. The fourth-order valence-corrected chi connectivity index (χ4v) is 4.13. The fraction of sp³-hybridized carbons (Fsp3) is 0.692. The van der Waals surface area contributed by atoms with Gasteiger partial charge in [-0.05, 0) is 24.8 Å². The van der Waals surface area contributed by atoms with Gasteiger partial charge < -0.3 is 4.74 Å². The molecule has 17 heavy (non-hydrogen) atoms. The molecule has 1 heterocycles. The lowest BCUT2D eigenvalue weighted by Crippen LogP contribution is -2.24. The van der Waals surface area contributed by atoms with E-state index in [-0.39, 0.29) is 10.8 Å². The Bertz CT molecular complexity index is 479. The van der Waals surface area contributed by atoms with Gasteiger partial charge in [0.25, 0.3) is 5.70 Å². The van der Waals surface area contributed by atoms with Crippen LogP contribution in [0.15, 0.2) is 22.9 Å². The second-order valence-corrected chi connectivity index (χ2v) is 5.57. The molecule has 4 aliphatic rings. The summed E-state index contributed by atoms with van der Waals surface area (Å²) in [7, 11) is 0. The van der Waals surface area contributed by atoms with E-state index in [4.69, 9.17) is 4.74 Å². The topological polar surface area (TPSA) is 55.7 Å². The molecule has 4 heteroatoms. The molecule has 0 aromatic heterocycles. The van der Waals surface area contributed by atoms with Crippen LogP contribution in [0, 0.1) is 27.9 Å². The second kappa shape index (κ2) is 2.99. The van der Waals surface area contributed by atoms with Crippen LogP contribution in [-0.4, -0.2) is 17.1 Å². The van der Waals surface area contributed by atoms with Crippen LogP contribution in [0.1, 0.15) is 26.2 Å². The predicted molar refractivity (Wildman–Crippen MR) is 60.8 cm³/mol. The molecule has 0 radical (unpaired) electrons. The number of ether oxygens (including phenoxy) is 1. The van der Waals surface area contributed by atoms with Gasteiger partial charge in [0.1, 0.15) is 0 Å². The van der Waals surface area contributed by atoms with Crippen molar-refractivity contribution >= 4 is 0 Å². The van der Waals surface area contributed by atoms with Gasteiger partial charge in [-0.3, -0.25) is 10.1 Å². The molecule has 4 nitrogen and oxygen atoms in total. The zero-order valence-corrected chi connectivity index (χ0v) is 9.76. The number of hydrogen-bond acceptors (Lipinski definition) is 3. The maximum Gasteiger partial charge on any atom is 0.253 e. The Labute approximate surface area is 99.5 Å². The largest absolute Gasteiger partial charge is 0.368 e. The Morgan fingerprint density at radius 2 is 2.24 bits per heavy atom. The van der Waals surface area contributed by atoms with Crippen LogP contribution < -0.4 is 0 Å². The number of epoxide rings is 1. The van der Waals surface area contributed by atoms with Crippen LogP contribution in [0.5, 0.6) is 0 Å². The van der Waals surface area contributed by atoms with Crippen LogP contribution in [0.4, 0.5) is 0 Å². The van der Waals surface area contributed by atoms with E-state index < -0.39 is 0 Å². The highest BCUT2D eigenvalue weighted by Gasteiger charge is 2.65. The maximum atomic E-state index is 11.3. The summed E-state index contributed by atoms with van der Waals surface area (Å²) >= 11 is 0. The van der Waals surface area contributed by atoms with Crippen molar-refractivity contribution in [3.05, 3.63) is 33.0 Å². The van der Waals surface area contributed by atoms with E-state index in [1.165, 1.54) is 5.57 Å². The van der Waals surface area contributed by atoms with Crippen LogP contribution in [0.3, 0.4) is 0 Å². The third-order valence-corrected chi connectivity index (χ3v) is 4.92. The predicted octanol–water partition coefficient (Wildman–Crippen LogP) is 2.29. The zero-order valence-electron chi connectivity index (χ0n) is 9.76. The highest BCUT2D eigenvalue weighted by Crippen LogP contribution is 2.63.